The van der Waals surface area contributed by atoms with Crippen LogP contribution in [0.2, 0.25) is 0 Å². The molecule has 0 bridgehead atoms. The van der Waals surface area contributed by atoms with Gasteiger partial charge < -0.3 is 4.74 Å². The van der Waals surface area contributed by atoms with Crippen LogP contribution in [-0.2, 0) is 14.8 Å². The maximum atomic E-state index is 13.0. The van der Waals surface area contributed by atoms with Crippen LogP contribution < -0.4 is 4.31 Å². The Labute approximate surface area is 151 Å². The minimum absolute atomic E-state index is 0.177. The molecule has 1 N–H and O–H groups in total. The highest BCUT2D eigenvalue weighted by Gasteiger charge is 2.27. The number of aromatic nitrogens is 2. The average molecular weight is 416 g/mol. The lowest BCUT2D eigenvalue weighted by Crippen LogP contribution is -2.34. The molecule has 0 atom stereocenters. The topological polar surface area (TPSA) is 75.3 Å². The van der Waals surface area contributed by atoms with Gasteiger partial charge in [0.05, 0.1) is 30.7 Å². The number of anilines is 1. The zero-order valence-electron chi connectivity index (χ0n) is 13.8. The number of halogens is 1. The monoisotopic (exact) mass is 415 g/mol. The standard InChI is InChI=1S/C16H22BrN3O3S/c1-3-4-9-23-10-8-20(15-7-5-6-14(17)11-15)24(21,22)16-12-18-19-13(16)2/h5-7,11-12H,3-4,8-10H2,1-2H3,(H,18,19). The molecule has 0 fully saturated rings. The summed E-state index contributed by atoms with van der Waals surface area (Å²) in [7, 11) is -3.71. The van der Waals surface area contributed by atoms with Crippen LogP contribution in [0.4, 0.5) is 5.69 Å². The third-order valence-corrected chi connectivity index (χ3v) is 5.96. The number of nitrogens with one attached hydrogen (secondary N) is 1. The van der Waals surface area contributed by atoms with Gasteiger partial charge in [-0.05, 0) is 31.5 Å². The second-order valence-corrected chi connectivity index (χ2v) is 8.13. The summed E-state index contributed by atoms with van der Waals surface area (Å²) in [5, 5.41) is 6.51. The lowest BCUT2D eigenvalue weighted by atomic mass is 10.3. The van der Waals surface area contributed by atoms with Crippen molar-refractivity contribution in [2.45, 2.75) is 31.6 Å². The first-order chi connectivity index (χ1) is 11.5. The van der Waals surface area contributed by atoms with E-state index in [9.17, 15) is 8.42 Å². The molecule has 2 rings (SSSR count). The summed E-state index contributed by atoms with van der Waals surface area (Å²) in [5.41, 5.74) is 1.10. The number of sulfonamides is 1. The van der Waals surface area contributed by atoms with Gasteiger partial charge in [-0.3, -0.25) is 9.40 Å². The van der Waals surface area contributed by atoms with Gasteiger partial charge in [0.25, 0.3) is 10.0 Å². The highest BCUT2D eigenvalue weighted by atomic mass is 79.9. The summed E-state index contributed by atoms with van der Waals surface area (Å²) in [6, 6.07) is 7.21. The third kappa shape index (κ3) is 4.58. The van der Waals surface area contributed by atoms with Crippen molar-refractivity contribution in [3.05, 3.63) is 40.6 Å². The summed E-state index contributed by atoms with van der Waals surface area (Å²) in [5.74, 6) is 0. The van der Waals surface area contributed by atoms with Crippen LogP contribution in [-0.4, -0.2) is 38.4 Å². The van der Waals surface area contributed by atoms with Gasteiger partial charge in [0.1, 0.15) is 4.90 Å². The van der Waals surface area contributed by atoms with E-state index in [1.165, 1.54) is 10.5 Å². The van der Waals surface area contributed by atoms with Crippen LogP contribution in [0.25, 0.3) is 0 Å². The third-order valence-electron chi connectivity index (χ3n) is 3.53. The highest BCUT2D eigenvalue weighted by Crippen LogP contribution is 2.26. The fourth-order valence-electron chi connectivity index (χ4n) is 2.23. The van der Waals surface area contributed by atoms with Crippen molar-refractivity contribution in [1.29, 1.82) is 0 Å². The number of benzene rings is 1. The number of nitrogens with zero attached hydrogens (tertiary/aromatic N) is 2. The molecule has 0 aliphatic heterocycles. The quantitative estimate of drug-likeness (QED) is 0.635. The highest BCUT2D eigenvalue weighted by molar-refractivity contribution is 9.10. The molecule has 1 aromatic carbocycles. The Morgan fingerprint density at radius 3 is 2.75 bits per heavy atom. The van der Waals surface area contributed by atoms with Crippen molar-refractivity contribution in [2.75, 3.05) is 24.1 Å². The van der Waals surface area contributed by atoms with Gasteiger partial charge >= 0.3 is 0 Å². The van der Waals surface area contributed by atoms with E-state index in [4.69, 9.17) is 4.74 Å². The molecule has 24 heavy (non-hydrogen) atoms. The van der Waals surface area contributed by atoms with Gasteiger partial charge in [-0.1, -0.05) is 35.3 Å². The molecule has 0 radical (unpaired) electrons. The zero-order valence-corrected chi connectivity index (χ0v) is 16.2. The number of hydrogen-bond donors (Lipinski definition) is 1. The Bertz CT molecular complexity index is 761. The number of aryl methyl sites for hydroxylation is 1. The van der Waals surface area contributed by atoms with E-state index >= 15 is 0 Å². The normalized spacial score (nSPS) is 11.6. The van der Waals surface area contributed by atoms with E-state index in [0.29, 0.717) is 24.6 Å². The summed E-state index contributed by atoms with van der Waals surface area (Å²) < 4.78 is 33.8. The van der Waals surface area contributed by atoms with E-state index < -0.39 is 10.0 Å². The molecule has 1 heterocycles. The zero-order chi connectivity index (χ0) is 17.6. The first kappa shape index (κ1) is 19.0. The number of rotatable bonds is 9. The molecular formula is C16H22BrN3O3S. The van der Waals surface area contributed by atoms with Gasteiger partial charge in [0.15, 0.2) is 0 Å². The van der Waals surface area contributed by atoms with Crippen LogP contribution in [0.5, 0.6) is 0 Å². The number of aromatic amines is 1. The molecule has 8 heteroatoms. The predicted molar refractivity (Wildman–Crippen MR) is 97.7 cm³/mol. The molecule has 0 saturated heterocycles. The van der Waals surface area contributed by atoms with Gasteiger partial charge in [-0.25, -0.2) is 8.42 Å². The van der Waals surface area contributed by atoms with Gasteiger partial charge in [-0.15, -0.1) is 0 Å². The number of H-pyrrole nitrogens is 1. The Morgan fingerprint density at radius 1 is 1.33 bits per heavy atom. The van der Waals surface area contributed by atoms with Crippen LogP contribution in [0.1, 0.15) is 25.5 Å². The van der Waals surface area contributed by atoms with Crippen molar-refractivity contribution in [2.24, 2.45) is 0 Å². The predicted octanol–water partition coefficient (Wildman–Crippen LogP) is 3.49. The number of ether oxygens (including phenoxy) is 1. The minimum Gasteiger partial charge on any atom is -0.380 e. The second-order valence-electron chi connectivity index (χ2n) is 5.38. The summed E-state index contributed by atoms with van der Waals surface area (Å²) >= 11 is 3.39. The lowest BCUT2D eigenvalue weighted by Gasteiger charge is -2.24. The molecule has 2 aromatic rings. The van der Waals surface area contributed by atoms with Gasteiger partial charge in [0, 0.05) is 11.1 Å². The van der Waals surface area contributed by atoms with E-state index in [2.05, 4.69) is 33.1 Å². The molecule has 1 aromatic heterocycles. The molecule has 6 nitrogen and oxygen atoms in total. The Balaban J connectivity index is 2.27. The SMILES string of the molecule is CCCCOCCN(c1cccc(Br)c1)S(=O)(=O)c1cn[nH]c1C. The minimum atomic E-state index is -3.71. The summed E-state index contributed by atoms with van der Waals surface area (Å²) in [6.07, 6.45) is 3.35. The molecular weight excluding hydrogens is 394 g/mol. The molecule has 132 valence electrons. The van der Waals surface area contributed by atoms with E-state index in [1.807, 2.05) is 12.1 Å². The van der Waals surface area contributed by atoms with E-state index in [-0.39, 0.29) is 11.4 Å². The number of hydrogen-bond acceptors (Lipinski definition) is 4. The van der Waals surface area contributed by atoms with Crippen molar-refractivity contribution >= 4 is 31.6 Å². The van der Waals surface area contributed by atoms with Crippen molar-refractivity contribution < 1.29 is 13.2 Å². The fraction of sp³-hybridized carbons (Fsp3) is 0.438. The fourth-order valence-corrected chi connectivity index (χ4v) is 4.18. The first-order valence-corrected chi connectivity index (χ1v) is 10.1. The smallest absolute Gasteiger partial charge is 0.267 e. The largest absolute Gasteiger partial charge is 0.380 e. The maximum absolute atomic E-state index is 13.0. The van der Waals surface area contributed by atoms with Crippen molar-refractivity contribution in [3.8, 4) is 0 Å². The van der Waals surface area contributed by atoms with Crippen LogP contribution in [0, 0.1) is 6.92 Å². The van der Waals surface area contributed by atoms with Crippen LogP contribution >= 0.6 is 15.9 Å². The molecule has 0 aliphatic carbocycles. The number of unbranched alkanes of at least 4 members (excludes halogenated alkanes) is 1. The summed E-state index contributed by atoms with van der Waals surface area (Å²) in [4.78, 5) is 0.177. The van der Waals surface area contributed by atoms with Gasteiger partial charge in [-0.2, -0.15) is 5.10 Å². The van der Waals surface area contributed by atoms with E-state index in [1.54, 1.807) is 19.1 Å². The molecule has 0 amide bonds. The summed E-state index contributed by atoms with van der Waals surface area (Å²) in [6.45, 7) is 4.99. The molecule has 0 aliphatic rings. The average Bonchev–Trinajstić information content (AvgIpc) is 2.97. The first-order valence-electron chi connectivity index (χ1n) is 7.83. The molecule has 0 saturated carbocycles. The Morgan fingerprint density at radius 2 is 2.12 bits per heavy atom. The Hall–Kier alpha value is -1.38. The van der Waals surface area contributed by atoms with Crippen LogP contribution in [0.15, 0.2) is 39.8 Å². The molecule has 0 unspecified atom stereocenters. The molecule has 0 spiro atoms. The second kappa shape index (κ2) is 8.64. The Kier molecular flexibility index (Phi) is 6.82. The van der Waals surface area contributed by atoms with Crippen molar-refractivity contribution in [1.82, 2.24) is 10.2 Å². The van der Waals surface area contributed by atoms with Crippen LogP contribution in [0.3, 0.4) is 0 Å². The lowest BCUT2D eigenvalue weighted by molar-refractivity contribution is 0.139. The maximum Gasteiger partial charge on any atom is 0.267 e. The van der Waals surface area contributed by atoms with E-state index in [0.717, 1.165) is 17.3 Å². The van der Waals surface area contributed by atoms with Gasteiger partial charge in [0.2, 0.25) is 0 Å². The van der Waals surface area contributed by atoms with Crippen molar-refractivity contribution in [3.63, 3.8) is 0 Å².